The van der Waals surface area contributed by atoms with E-state index >= 15 is 0 Å². The van der Waals surface area contributed by atoms with Crippen LogP contribution in [0, 0.1) is 6.92 Å². The SMILES string of the molecule is CCCNc1ccc(C(=O)N2CCCCCC2)c(C)c1. The Bertz CT molecular complexity index is 448. The van der Waals surface area contributed by atoms with Crippen molar-refractivity contribution < 1.29 is 4.79 Å². The maximum Gasteiger partial charge on any atom is 0.254 e. The lowest BCUT2D eigenvalue weighted by molar-refractivity contribution is 0.0761. The summed E-state index contributed by atoms with van der Waals surface area (Å²) in [4.78, 5) is 14.6. The quantitative estimate of drug-likeness (QED) is 0.905. The van der Waals surface area contributed by atoms with Crippen LogP contribution in [0.1, 0.15) is 54.9 Å². The van der Waals surface area contributed by atoms with Crippen molar-refractivity contribution in [3.63, 3.8) is 0 Å². The van der Waals surface area contributed by atoms with Crippen LogP contribution in [0.4, 0.5) is 5.69 Å². The molecule has 0 bridgehead atoms. The number of amides is 1. The molecule has 3 heteroatoms. The Morgan fingerprint density at radius 3 is 2.50 bits per heavy atom. The summed E-state index contributed by atoms with van der Waals surface area (Å²) in [5.74, 6) is 0.200. The maximum atomic E-state index is 12.6. The van der Waals surface area contributed by atoms with Crippen molar-refractivity contribution in [3.05, 3.63) is 29.3 Å². The van der Waals surface area contributed by atoms with Crippen LogP contribution in [-0.2, 0) is 0 Å². The normalized spacial score (nSPS) is 15.8. The largest absolute Gasteiger partial charge is 0.385 e. The highest BCUT2D eigenvalue weighted by Gasteiger charge is 2.18. The second-order valence-corrected chi connectivity index (χ2v) is 5.66. The molecule has 0 saturated carbocycles. The molecule has 3 nitrogen and oxygen atoms in total. The van der Waals surface area contributed by atoms with Crippen molar-refractivity contribution in [1.29, 1.82) is 0 Å². The lowest BCUT2D eigenvalue weighted by Crippen LogP contribution is -2.32. The zero-order valence-electron chi connectivity index (χ0n) is 12.7. The molecule has 1 N–H and O–H groups in total. The third-order valence-corrected chi connectivity index (χ3v) is 3.93. The summed E-state index contributed by atoms with van der Waals surface area (Å²) in [6, 6.07) is 6.08. The zero-order chi connectivity index (χ0) is 14.4. The fraction of sp³-hybridized carbons (Fsp3) is 0.588. The number of benzene rings is 1. The summed E-state index contributed by atoms with van der Waals surface area (Å²) in [6.07, 6.45) is 5.89. The number of anilines is 1. The highest BCUT2D eigenvalue weighted by atomic mass is 16.2. The first-order chi connectivity index (χ1) is 9.72. The Kier molecular flexibility index (Phi) is 5.45. The van der Waals surface area contributed by atoms with Crippen molar-refractivity contribution in [2.24, 2.45) is 0 Å². The van der Waals surface area contributed by atoms with Gasteiger partial charge in [0.15, 0.2) is 0 Å². The van der Waals surface area contributed by atoms with Gasteiger partial charge in [-0.25, -0.2) is 0 Å². The second-order valence-electron chi connectivity index (χ2n) is 5.66. The summed E-state index contributed by atoms with van der Waals surface area (Å²) in [5, 5.41) is 3.37. The average molecular weight is 274 g/mol. The number of carbonyl (C=O) groups is 1. The Balaban J connectivity index is 2.09. The van der Waals surface area contributed by atoms with Crippen LogP contribution in [0.5, 0.6) is 0 Å². The molecule has 1 aromatic carbocycles. The standard InChI is InChI=1S/C17H26N2O/c1-3-10-18-15-8-9-16(14(2)13-15)17(20)19-11-6-4-5-7-12-19/h8-9,13,18H,3-7,10-12H2,1-2H3. The monoisotopic (exact) mass is 274 g/mol. The molecule has 1 amide bonds. The summed E-state index contributed by atoms with van der Waals surface area (Å²) in [5.41, 5.74) is 3.03. The highest BCUT2D eigenvalue weighted by Crippen LogP contribution is 2.19. The number of carbonyl (C=O) groups excluding carboxylic acids is 1. The minimum absolute atomic E-state index is 0.200. The summed E-state index contributed by atoms with van der Waals surface area (Å²) in [6.45, 7) is 6.97. The van der Waals surface area contributed by atoms with Gasteiger partial charge in [0.2, 0.25) is 0 Å². The van der Waals surface area contributed by atoms with Crippen molar-refractivity contribution in [1.82, 2.24) is 4.90 Å². The van der Waals surface area contributed by atoms with Crippen LogP contribution in [0.15, 0.2) is 18.2 Å². The van der Waals surface area contributed by atoms with Crippen LogP contribution in [-0.4, -0.2) is 30.4 Å². The number of likely N-dealkylation sites (tertiary alicyclic amines) is 1. The zero-order valence-corrected chi connectivity index (χ0v) is 12.7. The molecule has 0 aromatic heterocycles. The molecule has 110 valence electrons. The molecule has 1 aliphatic heterocycles. The van der Waals surface area contributed by atoms with Gasteiger partial charge in [-0.05, 0) is 49.9 Å². The van der Waals surface area contributed by atoms with E-state index < -0.39 is 0 Å². The van der Waals surface area contributed by atoms with E-state index in [4.69, 9.17) is 0 Å². The van der Waals surface area contributed by atoms with E-state index in [-0.39, 0.29) is 5.91 Å². The third kappa shape index (κ3) is 3.75. The first-order valence-electron chi connectivity index (χ1n) is 7.86. The molecular weight excluding hydrogens is 248 g/mol. The van der Waals surface area contributed by atoms with Gasteiger partial charge >= 0.3 is 0 Å². The van der Waals surface area contributed by atoms with Gasteiger partial charge in [-0.15, -0.1) is 0 Å². The van der Waals surface area contributed by atoms with E-state index in [2.05, 4.69) is 18.3 Å². The molecule has 0 aliphatic carbocycles. The molecule has 1 aliphatic rings. The maximum absolute atomic E-state index is 12.6. The topological polar surface area (TPSA) is 32.3 Å². The highest BCUT2D eigenvalue weighted by molar-refractivity contribution is 5.96. The molecular formula is C17H26N2O. The lowest BCUT2D eigenvalue weighted by atomic mass is 10.1. The first kappa shape index (κ1) is 14.9. The van der Waals surface area contributed by atoms with E-state index in [1.54, 1.807) is 0 Å². The Morgan fingerprint density at radius 1 is 1.20 bits per heavy atom. The van der Waals surface area contributed by atoms with Crippen molar-refractivity contribution in [2.75, 3.05) is 25.0 Å². The fourth-order valence-electron chi connectivity index (χ4n) is 2.73. The van der Waals surface area contributed by atoms with E-state index in [1.807, 2.05) is 24.0 Å². The molecule has 1 fully saturated rings. The molecule has 0 atom stereocenters. The van der Waals surface area contributed by atoms with Gasteiger partial charge in [-0.3, -0.25) is 4.79 Å². The summed E-state index contributed by atoms with van der Waals surface area (Å²) < 4.78 is 0. The molecule has 20 heavy (non-hydrogen) atoms. The van der Waals surface area contributed by atoms with Gasteiger partial charge in [-0.2, -0.15) is 0 Å². The molecule has 2 rings (SSSR count). The average Bonchev–Trinajstić information content (AvgIpc) is 2.73. The van der Waals surface area contributed by atoms with Crippen LogP contribution in [0.3, 0.4) is 0 Å². The molecule has 1 aromatic rings. The van der Waals surface area contributed by atoms with Crippen molar-refractivity contribution in [2.45, 2.75) is 46.0 Å². The van der Waals surface area contributed by atoms with Crippen molar-refractivity contribution >= 4 is 11.6 Å². The molecule has 1 saturated heterocycles. The summed E-state index contributed by atoms with van der Waals surface area (Å²) in [7, 11) is 0. The predicted octanol–water partition coefficient (Wildman–Crippen LogP) is 3.83. The van der Waals surface area contributed by atoms with Gasteiger partial charge < -0.3 is 10.2 Å². The fourth-order valence-corrected chi connectivity index (χ4v) is 2.73. The van der Waals surface area contributed by atoms with Crippen LogP contribution in [0.2, 0.25) is 0 Å². The van der Waals surface area contributed by atoms with Gasteiger partial charge in [0, 0.05) is 30.9 Å². The molecule has 0 unspecified atom stereocenters. The van der Waals surface area contributed by atoms with Gasteiger partial charge in [0.25, 0.3) is 5.91 Å². The Labute approximate surface area is 122 Å². The number of aryl methyl sites for hydroxylation is 1. The van der Waals surface area contributed by atoms with Gasteiger partial charge in [0.1, 0.15) is 0 Å². The first-order valence-corrected chi connectivity index (χ1v) is 7.86. The summed E-state index contributed by atoms with van der Waals surface area (Å²) >= 11 is 0. The van der Waals surface area contributed by atoms with Crippen LogP contribution >= 0.6 is 0 Å². The van der Waals surface area contributed by atoms with Gasteiger partial charge in [0.05, 0.1) is 0 Å². The number of hydrogen-bond acceptors (Lipinski definition) is 2. The molecule has 0 radical (unpaired) electrons. The van der Waals surface area contributed by atoms with E-state index in [0.717, 1.165) is 55.7 Å². The Hall–Kier alpha value is -1.51. The number of hydrogen-bond donors (Lipinski definition) is 1. The smallest absolute Gasteiger partial charge is 0.254 e. The minimum atomic E-state index is 0.200. The van der Waals surface area contributed by atoms with Crippen LogP contribution < -0.4 is 5.32 Å². The van der Waals surface area contributed by atoms with E-state index in [9.17, 15) is 4.79 Å². The number of rotatable bonds is 4. The number of nitrogens with zero attached hydrogens (tertiary/aromatic N) is 1. The molecule has 1 heterocycles. The number of nitrogens with one attached hydrogen (secondary N) is 1. The predicted molar refractivity (Wildman–Crippen MR) is 84.3 cm³/mol. The lowest BCUT2D eigenvalue weighted by Gasteiger charge is -2.21. The molecule has 0 spiro atoms. The second kappa shape index (κ2) is 7.32. The minimum Gasteiger partial charge on any atom is -0.385 e. The van der Waals surface area contributed by atoms with E-state index in [1.165, 1.54) is 12.8 Å². The van der Waals surface area contributed by atoms with Gasteiger partial charge in [-0.1, -0.05) is 19.8 Å². The van der Waals surface area contributed by atoms with E-state index in [0.29, 0.717) is 0 Å². The van der Waals surface area contributed by atoms with Crippen molar-refractivity contribution in [3.8, 4) is 0 Å². The Morgan fingerprint density at radius 2 is 1.90 bits per heavy atom. The van der Waals surface area contributed by atoms with Crippen LogP contribution in [0.25, 0.3) is 0 Å². The third-order valence-electron chi connectivity index (χ3n) is 3.93.